The number of hydrogen-bond acceptors (Lipinski definition) is 2. The summed E-state index contributed by atoms with van der Waals surface area (Å²) >= 11 is 3.32. The molecule has 0 amide bonds. The molecule has 5 heteroatoms. The van der Waals surface area contributed by atoms with E-state index in [4.69, 9.17) is 10.8 Å². The number of carbonyl (C=O) groups is 1. The minimum atomic E-state index is -0.808. The summed E-state index contributed by atoms with van der Waals surface area (Å²) in [6, 6.07) is 7.40. The van der Waals surface area contributed by atoms with Crippen molar-refractivity contribution in [2.24, 2.45) is 5.73 Å². The third kappa shape index (κ3) is 5.16. The largest absolute Gasteiger partial charge is 0.481 e. The van der Waals surface area contributed by atoms with Gasteiger partial charge in [-0.2, -0.15) is 0 Å². The second-order valence-electron chi connectivity index (χ2n) is 3.09. The molecule has 0 aliphatic carbocycles. The highest BCUT2D eigenvalue weighted by molar-refractivity contribution is 9.10. The molecule has 0 saturated carbocycles. The van der Waals surface area contributed by atoms with Gasteiger partial charge in [-0.25, -0.2) is 0 Å². The molecule has 0 bridgehead atoms. The van der Waals surface area contributed by atoms with Gasteiger partial charge in [-0.15, -0.1) is 12.4 Å². The van der Waals surface area contributed by atoms with Crippen LogP contribution in [-0.2, 0) is 4.79 Å². The van der Waals surface area contributed by atoms with Gasteiger partial charge >= 0.3 is 5.97 Å². The van der Waals surface area contributed by atoms with Crippen molar-refractivity contribution in [1.82, 2.24) is 0 Å². The summed E-state index contributed by atoms with van der Waals surface area (Å²) in [4.78, 5) is 10.3. The van der Waals surface area contributed by atoms with Crippen molar-refractivity contribution in [2.45, 2.75) is 18.9 Å². The van der Waals surface area contributed by atoms with E-state index in [1.165, 1.54) is 0 Å². The molecule has 1 rings (SSSR count). The standard InChI is InChI=1S/C10H12BrNO2.ClH/c11-8-3-1-7(2-4-8)9(12)5-6-10(13)14;/h1-4,9H,5-6,12H2,(H,13,14);1H. The van der Waals surface area contributed by atoms with Crippen LogP contribution in [0.25, 0.3) is 0 Å². The van der Waals surface area contributed by atoms with E-state index < -0.39 is 5.97 Å². The first-order chi connectivity index (χ1) is 6.59. The van der Waals surface area contributed by atoms with Gasteiger partial charge in [0, 0.05) is 16.9 Å². The monoisotopic (exact) mass is 293 g/mol. The summed E-state index contributed by atoms with van der Waals surface area (Å²) in [5, 5.41) is 8.49. The zero-order valence-corrected chi connectivity index (χ0v) is 10.4. The van der Waals surface area contributed by atoms with E-state index in [0.717, 1.165) is 10.0 Å². The maximum absolute atomic E-state index is 10.3. The van der Waals surface area contributed by atoms with Crippen molar-refractivity contribution >= 4 is 34.3 Å². The SMILES string of the molecule is Cl.NC(CCC(=O)O)c1ccc(Br)cc1. The van der Waals surface area contributed by atoms with Crippen LogP contribution in [0.2, 0.25) is 0 Å². The van der Waals surface area contributed by atoms with Crippen molar-refractivity contribution in [2.75, 3.05) is 0 Å². The summed E-state index contributed by atoms with van der Waals surface area (Å²) in [5.41, 5.74) is 6.78. The predicted octanol–water partition coefficient (Wildman–Crippen LogP) is 2.74. The smallest absolute Gasteiger partial charge is 0.303 e. The molecule has 3 nitrogen and oxygen atoms in total. The van der Waals surface area contributed by atoms with Gasteiger partial charge in [-0.05, 0) is 24.1 Å². The number of halogens is 2. The van der Waals surface area contributed by atoms with Gasteiger partial charge in [0.25, 0.3) is 0 Å². The lowest BCUT2D eigenvalue weighted by Gasteiger charge is -2.10. The Balaban J connectivity index is 0.00000196. The van der Waals surface area contributed by atoms with Crippen molar-refractivity contribution < 1.29 is 9.90 Å². The Morgan fingerprint density at radius 3 is 2.40 bits per heavy atom. The Bertz CT molecular complexity index is 316. The van der Waals surface area contributed by atoms with Crippen LogP contribution in [0, 0.1) is 0 Å². The van der Waals surface area contributed by atoms with Crippen LogP contribution in [0.5, 0.6) is 0 Å². The van der Waals surface area contributed by atoms with Gasteiger partial charge in [-0.1, -0.05) is 28.1 Å². The van der Waals surface area contributed by atoms with E-state index in [-0.39, 0.29) is 24.9 Å². The lowest BCUT2D eigenvalue weighted by atomic mass is 10.0. The zero-order valence-electron chi connectivity index (χ0n) is 8.02. The molecule has 1 atom stereocenters. The first-order valence-corrected chi connectivity index (χ1v) is 5.11. The average molecular weight is 295 g/mol. The van der Waals surface area contributed by atoms with E-state index in [2.05, 4.69) is 15.9 Å². The molecule has 0 aromatic heterocycles. The van der Waals surface area contributed by atoms with Crippen molar-refractivity contribution in [1.29, 1.82) is 0 Å². The Kier molecular flexibility index (Phi) is 6.56. The number of nitrogens with two attached hydrogens (primary N) is 1. The molecule has 0 aliphatic heterocycles. The summed E-state index contributed by atoms with van der Waals surface area (Å²) in [6.07, 6.45) is 0.578. The fourth-order valence-corrected chi connectivity index (χ4v) is 1.42. The number of hydrogen-bond donors (Lipinski definition) is 2. The summed E-state index contributed by atoms with van der Waals surface area (Å²) < 4.78 is 0.992. The Morgan fingerprint density at radius 1 is 1.40 bits per heavy atom. The highest BCUT2D eigenvalue weighted by Crippen LogP contribution is 2.18. The van der Waals surface area contributed by atoms with Gasteiger partial charge in [0.15, 0.2) is 0 Å². The number of aliphatic carboxylic acids is 1. The second-order valence-corrected chi connectivity index (χ2v) is 4.01. The van der Waals surface area contributed by atoms with E-state index in [9.17, 15) is 4.79 Å². The highest BCUT2D eigenvalue weighted by atomic mass is 79.9. The normalized spacial score (nSPS) is 11.6. The molecule has 0 saturated heterocycles. The zero-order chi connectivity index (χ0) is 10.6. The van der Waals surface area contributed by atoms with Crippen molar-refractivity contribution in [3.05, 3.63) is 34.3 Å². The maximum atomic E-state index is 10.3. The molecule has 0 heterocycles. The highest BCUT2D eigenvalue weighted by Gasteiger charge is 2.07. The number of carboxylic acid groups (broad SMARTS) is 1. The summed E-state index contributed by atoms with van der Waals surface area (Å²) in [5.74, 6) is -0.808. The van der Waals surface area contributed by atoms with Crippen LogP contribution in [0.4, 0.5) is 0 Å². The van der Waals surface area contributed by atoms with Gasteiger partial charge in [0.2, 0.25) is 0 Å². The molecule has 0 fully saturated rings. The Morgan fingerprint density at radius 2 is 1.93 bits per heavy atom. The van der Waals surface area contributed by atoms with Crippen LogP contribution in [0.15, 0.2) is 28.7 Å². The first kappa shape index (κ1) is 14.4. The molecule has 3 N–H and O–H groups in total. The average Bonchev–Trinajstić information content (AvgIpc) is 2.15. The molecule has 0 radical (unpaired) electrons. The van der Waals surface area contributed by atoms with E-state index >= 15 is 0 Å². The topological polar surface area (TPSA) is 63.3 Å². The number of rotatable bonds is 4. The minimum Gasteiger partial charge on any atom is -0.481 e. The van der Waals surface area contributed by atoms with Gasteiger partial charge in [0.05, 0.1) is 0 Å². The Hall–Kier alpha value is -0.580. The van der Waals surface area contributed by atoms with Gasteiger partial charge < -0.3 is 10.8 Å². The molecular formula is C10H13BrClNO2. The van der Waals surface area contributed by atoms with Crippen molar-refractivity contribution in [3.8, 4) is 0 Å². The van der Waals surface area contributed by atoms with Gasteiger partial charge in [0.1, 0.15) is 0 Å². The van der Waals surface area contributed by atoms with Crippen LogP contribution in [0.3, 0.4) is 0 Å². The molecule has 0 aliphatic rings. The van der Waals surface area contributed by atoms with Crippen LogP contribution in [-0.4, -0.2) is 11.1 Å². The molecule has 1 aromatic rings. The molecule has 15 heavy (non-hydrogen) atoms. The molecule has 1 aromatic carbocycles. The third-order valence-corrected chi connectivity index (χ3v) is 2.50. The van der Waals surface area contributed by atoms with E-state index in [1.54, 1.807) is 0 Å². The van der Waals surface area contributed by atoms with Crippen LogP contribution < -0.4 is 5.73 Å². The fourth-order valence-electron chi connectivity index (χ4n) is 1.16. The lowest BCUT2D eigenvalue weighted by Crippen LogP contribution is -2.12. The summed E-state index contributed by atoms with van der Waals surface area (Å²) in [6.45, 7) is 0. The maximum Gasteiger partial charge on any atom is 0.303 e. The van der Waals surface area contributed by atoms with E-state index in [0.29, 0.717) is 6.42 Å². The fraction of sp³-hybridized carbons (Fsp3) is 0.300. The lowest BCUT2D eigenvalue weighted by molar-refractivity contribution is -0.137. The van der Waals surface area contributed by atoms with Crippen LogP contribution in [0.1, 0.15) is 24.4 Å². The van der Waals surface area contributed by atoms with Crippen molar-refractivity contribution in [3.63, 3.8) is 0 Å². The Labute approximate surface area is 103 Å². The molecule has 0 spiro atoms. The first-order valence-electron chi connectivity index (χ1n) is 4.32. The molecule has 84 valence electrons. The number of benzene rings is 1. The van der Waals surface area contributed by atoms with Gasteiger partial charge in [-0.3, -0.25) is 4.79 Å². The van der Waals surface area contributed by atoms with E-state index in [1.807, 2.05) is 24.3 Å². The quantitative estimate of drug-likeness (QED) is 0.897. The second kappa shape index (κ2) is 6.82. The third-order valence-electron chi connectivity index (χ3n) is 1.97. The summed E-state index contributed by atoms with van der Waals surface area (Å²) in [7, 11) is 0. The molecular weight excluding hydrogens is 281 g/mol. The number of carboxylic acids is 1. The molecule has 1 unspecified atom stereocenters. The minimum absolute atomic E-state index is 0. The van der Waals surface area contributed by atoms with Crippen LogP contribution >= 0.6 is 28.3 Å². The predicted molar refractivity (Wildman–Crippen MR) is 65.2 cm³/mol.